The minimum atomic E-state index is -1.03. The van der Waals surface area contributed by atoms with E-state index in [9.17, 15) is 14.4 Å². The molecule has 1 aliphatic heterocycles. The van der Waals surface area contributed by atoms with Gasteiger partial charge in [-0.05, 0) is 24.3 Å². The predicted octanol–water partition coefficient (Wildman–Crippen LogP) is 2.11. The summed E-state index contributed by atoms with van der Waals surface area (Å²) in [5, 5.41) is 14.2. The number of carboxylic acid groups (broad SMARTS) is 1. The van der Waals surface area contributed by atoms with Crippen molar-refractivity contribution in [3.05, 3.63) is 71.4 Å². The van der Waals surface area contributed by atoms with Gasteiger partial charge < -0.3 is 10.4 Å². The maximum absolute atomic E-state index is 12.0. The van der Waals surface area contributed by atoms with Crippen LogP contribution in [0.25, 0.3) is 5.57 Å². The topological polar surface area (TPSA) is 95.5 Å². The predicted molar refractivity (Wildman–Crippen MR) is 83.9 cm³/mol. The molecule has 3 N–H and O–H groups in total. The van der Waals surface area contributed by atoms with Crippen molar-refractivity contribution in [1.82, 2.24) is 5.32 Å². The Morgan fingerprint density at radius 1 is 1.00 bits per heavy atom. The van der Waals surface area contributed by atoms with Crippen LogP contribution in [0, 0.1) is 0 Å². The quantitative estimate of drug-likeness (QED) is 0.596. The highest BCUT2D eigenvalue weighted by Gasteiger charge is 2.26. The molecule has 0 aliphatic carbocycles. The second-order valence-electron chi connectivity index (χ2n) is 4.92. The van der Waals surface area contributed by atoms with Crippen LogP contribution in [0.15, 0.2) is 54.7 Å². The van der Waals surface area contributed by atoms with Gasteiger partial charge in [-0.25, -0.2) is 4.79 Å². The molecule has 0 radical (unpaired) electrons. The van der Waals surface area contributed by atoms with Crippen LogP contribution in [0.5, 0.6) is 0 Å². The van der Waals surface area contributed by atoms with Crippen LogP contribution in [-0.2, 0) is 4.79 Å². The van der Waals surface area contributed by atoms with Gasteiger partial charge in [0.05, 0.1) is 11.1 Å². The standard InChI is InChI=1S/C17H12N2O4/c20-15-13-7-2-1-6-12(13)14(16(21)19-15)9-18-11-5-3-4-10(8-11)17(22)23/h1-9,18H,(H,22,23)(H,19,20,21). The minimum absolute atomic E-state index is 0.136. The number of carbonyl (C=O) groups is 3. The number of anilines is 1. The molecular weight excluding hydrogens is 296 g/mol. The summed E-state index contributed by atoms with van der Waals surface area (Å²) in [6, 6.07) is 13.0. The van der Waals surface area contributed by atoms with Crippen molar-refractivity contribution in [2.45, 2.75) is 0 Å². The summed E-state index contributed by atoms with van der Waals surface area (Å²) in [6.07, 6.45) is 1.46. The zero-order valence-electron chi connectivity index (χ0n) is 11.9. The summed E-state index contributed by atoms with van der Waals surface area (Å²) in [4.78, 5) is 34.8. The second-order valence-corrected chi connectivity index (χ2v) is 4.92. The normalized spacial score (nSPS) is 15.0. The molecule has 0 fully saturated rings. The number of carbonyl (C=O) groups excluding carboxylic acids is 2. The highest BCUT2D eigenvalue weighted by atomic mass is 16.4. The highest BCUT2D eigenvalue weighted by molar-refractivity contribution is 6.31. The number of hydrogen-bond donors (Lipinski definition) is 3. The summed E-state index contributed by atoms with van der Waals surface area (Å²) in [5.74, 6) is -1.97. The lowest BCUT2D eigenvalue weighted by molar-refractivity contribution is -0.114. The van der Waals surface area contributed by atoms with Gasteiger partial charge in [-0.1, -0.05) is 24.3 Å². The van der Waals surface area contributed by atoms with Crippen molar-refractivity contribution in [3.8, 4) is 0 Å². The fourth-order valence-corrected chi connectivity index (χ4v) is 2.32. The van der Waals surface area contributed by atoms with Crippen LogP contribution in [-0.4, -0.2) is 22.9 Å². The van der Waals surface area contributed by atoms with Crippen LogP contribution < -0.4 is 10.6 Å². The van der Waals surface area contributed by atoms with E-state index in [4.69, 9.17) is 5.11 Å². The van der Waals surface area contributed by atoms with Crippen LogP contribution in [0.1, 0.15) is 26.3 Å². The van der Waals surface area contributed by atoms with Crippen LogP contribution in [0.4, 0.5) is 5.69 Å². The van der Waals surface area contributed by atoms with Crippen molar-refractivity contribution in [1.29, 1.82) is 0 Å². The Bertz CT molecular complexity index is 855. The average Bonchev–Trinajstić information content (AvgIpc) is 2.55. The van der Waals surface area contributed by atoms with E-state index in [0.29, 0.717) is 22.4 Å². The number of aromatic carboxylic acids is 1. The smallest absolute Gasteiger partial charge is 0.335 e. The fraction of sp³-hybridized carbons (Fsp3) is 0. The molecule has 0 spiro atoms. The molecule has 0 unspecified atom stereocenters. The van der Waals surface area contributed by atoms with Gasteiger partial charge in [0.2, 0.25) is 0 Å². The van der Waals surface area contributed by atoms with Crippen molar-refractivity contribution >= 4 is 29.0 Å². The monoisotopic (exact) mass is 308 g/mol. The third-order valence-corrected chi connectivity index (χ3v) is 3.43. The molecule has 3 rings (SSSR count). The van der Waals surface area contributed by atoms with E-state index >= 15 is 0 Å². The van der Waals surface area contributed by atoms with Gasteiger partial charge in [-0.3, -0.25) is 14.9 Å². The van der Waals surface area contributed by atoms with Gasteiger partial charge in [-0.2, -0.15) is 0 Å². The van der Waals surface area contributed by atoms with Gasteiger partial charge >= 0.3 is 5.97 Å². The summed E-state index contributed by atoms with van der Waals surface area (Å²) in [7, 11) is 0. The minimum Gasteiger partial charge on any atom is -0.478 e. The van der Waals surface area contributed by atoms with E-state index in [1.807, 2.05) is 0 Å². The number of fused-ring (bicyclic) bond motifs is 1. The zero-order chi connectivity index (χ0) is 16.4. The summed E-state index contributed by atoms with van der Waals surface area (Å²) >= 11 is 0. The Morgan fingerprint density at radius 3 is 2.48 bits per heavy atom. The Balaban J connectivity index is 1.95. The average molecular weight is 308 g/mol. The number of nitrogens with one attached hydrogen (secondary N) is 2. The second kappa shape index (κ2) is 5.76. The molecule has 0 saturated carbocycles. The fourth-order valence-electron chi connectivity index (χ4n) is 2.32. The molecule has 114 valence electrons. The Morgan fingerprint density at radius 2 is 1.74 bits per heavy atom. The summed E-state index contributed by atoms with van der Waals surface area (Å²) in [6.45, 7) is 0. The van der Waals surface area contributed by atoms with Crippen LogP contribution >= 0.6 is 0 Å². The largest absolute Gasteiger partial charge is 0.478 e. The number of rotatable bonds is 3. The number of carboxylic acids is 1. The van der Waals surface area contributed by atoms with Crippen molar-refractivity contribution in [2.75, 3.05) is 5.32 Å². The first-order valence-electron chi connectivity index (χ1n) is 6.81. The van der Waals surface area contributed by atoms with E-state index in [1.165, 1.54) is 18.3 Å². The molecule has 2 amide bonds. The maximum atomic E-state index is 12.0. The lowest BCUT2D eigenvalue weighted by Gasteiger charge is -2.18. The molecule has 6 nitrogen and oxygen atoms in total. The van der Waals surface area contributed by atoms with Gasteiger partial charge in [0.15, 0.2) is 0 Å². The number of imide groups is 1. The van der Waals surface area contributed by atoms with E-state index in [0.717, 1.165) is 0 Å². The molecule has 2 aromatic rings. The highest BCUT2D eigenvalue weighted by Crippen LogP contribution is 2.24. The van der Waals surface area contributed by atoms with Crippen molar-refractivity contribution in [3.63, 3.8) is 0 Å². The van der Waals surface area contributed by atoms with Crippen LogP contribution in [0.2, 0.25) is 0 Å². The molecule has 0 atom stereocenters. The van der Waals surface area contributed by atoms with E-state index < -0.39 is 17.8 Å². The molecule has 0 aromatic heterocycles. The summed E-state index contributed by atoms with van der Waals surface area (Å²) < 4.78 is 0. The number of hydrogen-bond acceptors (Lipinski definition) is 4. The Labute approximate surface area is 131 Å². The number of amides is 2. The molecule has 0 saturated heterocycles. The van der Waals surface area contributed by atoms with Gasteiger partial charge in [0.25, 0.3) is 11.8 Å². The van der Waals surface area contributed by atoms with Gasteiger partial charge in [0, 0.05) is 23.0 Å². The summed E-state index contributed by atoms with van der Waals surface area (Å²) in [5.41, 5.74) is 1.92. The molecule has 6 heteroatoms. The Hall–Kier alpha value is -3.41. The van der Waals surface area contributed by atoms with Gasteiger partial charge in [0.1, 0.15) is 0 Å². The SMILES string of the molecule is O=C1NC(=O)c2ccccc2C1=CNc1cccc(C(=O)O)c1. The van der Waals surface area contributed by atoms with Gasteiger partial charge in [-0.15, -0.1) is 0 Å². The van der Waals surface area contributed by atoms with E-state index in [1.54, 1.807) is 36.4 Å². The molecule has 2 aromatic carbocycles. The maximum Gasteiger partial charge on any atom is 0.335 e. The number of benzene rings is 2. The van der Waals surface area contributed by atoms with Crippen LogP contribution in [0.3, 0.4) is 0 Å². The third kappa shape index (κ3) is 2.82. The van der Waals surface area contributed by atoms with E-state index in [-0.39, 0.29) is 5.56 Å². The molecule has 1 heterocycles. The first-order chi connectivity index (χ1) is 11.1. The molecular formula is C17H12N2O4. The molecule has 1 aliphatic rings. The third-order valence-electron chi connectivity index (χ3n) is 3.43. The first kappa shape index (κ1) is 14.5. The lowest BCUT2D eigenvalue weighted by atomic mass is 9.96. The van der Waals surface area contributed by atoms with Crippen molar-refractivity contribution < 1.29 is 19.5 Å². The van der Waals surface area contributed by atoms with Crippen molar-refractivity contribution in [2.24, 2.45) is 0 Å². The van der Waals surface area contributed by atoms with E-state index in [2.05, 4.69) is 10.6 Å². The molecule has 0 bridgehead atoms. The first-order valence-corrected chi connectivity index (χ1v) is 6.81. The lowest BCUT2D eigenvalue weighted by Crippen LogP contribution is -2.36. The Kier molecular flexibility index (Phi) is 3.64. The molecule has 23 heavy (non-hydrogen) atoms. The zero-order valence-corrected chi connectivity index (χ0v) is 11.9.